The predicted molar refractivity (Wildman–Crippen MR) is 118 cm³/mol. The number of hydrogen-bond acceptors (Lipinski definition) is 4. The molecule has 0 spiro atoms. The molecule has 6 nitrogen and oxygen atoms in total. The number of benzene rings is 3. The summed E-state index contributed by atoms with van der Waals surface area (Å²) < 4.78 is 53.8. The molecule has 0 atom stereocenters. The van der Waals surface area contributed by atoms with Gasteiger partial charge in [-0.3, -0.25) is 4.79 Å². The summed E-state index contributed by atoms with van der Waals surface area (Å²) >= 11 is 0. The van der Waals surface area contributed by atoms with Gasteiger partial charge in [-0.1, -0.05) is 35.9 Å². The maximum Gasteiger partial charge on any atom is 0.271 e. The second kappa shape index (κ2) is 9.80. The van der Waals surface area contributed by atoms with Crippen LogP contribution in [0.4, 0.5) is 8.78 Å². The van der Waals surface area contributed by atoms with Gasteiger partial charge in [0.15, 0.2) is 0 Å². The maximum absolute atomic E-state index is 13.6. The highest BCUT2D eigenvalue weighted by Gasteiger charge is 2.20. The standard InChI is InChI=1S/C23H21F2N3O3S/c1-16-6-12-19(13-7-16)32(30,31)28(2)15-17-8-10-18(11-9-17)23(29)27-26-14-20-21(24)4-3-5-22(20)25/h3-14H,15H2,1-2H3,(H,27,29). The monoisotopic (exact) mass is 457 g/mol. The molecule has 0 aliphatic carbocycles. The summed E-state index contributed by atoms with van der Waals surface area (Å²) in [6, 6.07) is 16.2. The Hall–Kier alpha value is -3.43. The number of carbonyl (C=O) groups excluding carboxylic acids is 1. The third-order valence-electron chi connectivity index (χ3n) is 4.71. The molecule has 0 fully saturated rings. The summed E-state index contributed by atoms with van der Waals surface area (Å²) in [5.74, 6) is -2.17. The molecule has 0 bridgehead atoms. The summed E-state index contributed by atoms with van der Waals surface area (Å²) in [5.41, 5.74) is 3.74. The Balaban J connectivity index is 1.63. The Morgan fingerprint density at radius 1 is 1.00 bits per heavy atom. The lowest BCUT2D eigenvalue weighted by Gasteiger charge is -2.17. The lowest BCUT2D eigenvalue weighted by atomic mass is 10.1. The van der Waals surface area contributed by atoms with E-state index >= 15 is 0 Å². The van der Waals surface area contributed by atoms with Gasteiger partial charge >= 0.3 is 0 Å². The molecule has 0 radical (unpaired) electrons. The number of aryl methyl sites for hydroxylation is 1. The number of nitrogens with zero attached hydrogens (tertiary/aromatic N) is 2. The van der Waals surface area contributed by atoms with Crippen LogP contribution in [0.3, 0.4) is 0 Å². The SMILES string of the molecule is Cc1ccc(S(=O)(=O)N(C)Cc2ccc(C(=O)NN=Cc3c(F)cccc3F)cc2)cc1. The summed E-state index contributed by atoms with van der Waals surface area (Å²) in [6.07, 6.45) is 0.891. The van der Waals surface area contributed by atoms with Gasteiger partial charge in [0.1, 0.15) is 11.6 Å². The molecule has 166 valence electrons. The van der Waals surface area contributed by atoms with Crippen LogP contribution in [0.2, 0.25) is 0 Å². The first kappa shape index (κ1) is 23.2. The predicted octanol–water partition coefficient (Wildman–Crippen LogP) is 3.86. The van der Waals surface area contributed by atoms with Crippen LogP contribution in [-0.2, 0) is 16.6 Å². The average molecular weight is 458 g/mol. The van der Waals surface area contributed by atoms with E-state index in [0.29, 0.717) is 5.56 Å². The molecule has 0 saturated heterocycles. The normalized spacial score (nSPS) is 11.8. The van der Waals surface area contributed by atoms with Crippen LogP contribution in [-0.4, -0.2) is 31.9 Å². The van der Waals surface area contributed by atoms with E-state index in [9.17, 15) is 22.0 Å². The molecule has 0 aromatic heterocycles. The zero-order valence-corrected chi connectivity index (χ0v) is 18.2. The van der Waals surface area contributed by atoms with Crippen LogP contribution in [0.25, 0.3) is 0 Å². The average Bonchev–Trinajstić information content (AvgIpc) is 2.76. The topological polar surface area (TPSA) is 78.8 Å². The van der Waals surface area contributed by atoms with Crippen LogP contribution in [0.15, 0.2) is 76.7 Å². The first-order valence-electron chi connectivity index (χ1n) is 9.58. The molecule has 1 N–H and O–H groups in total. The van der Waals surface area contributed by atoms with Gasteiger partial charge in [-0.15, -0.1) is 0 Å². The number of carbonyl (C=O) groups is 1. The highest BCUT2D eigenvalue weighted by molar-refractivity contribution is 7.89. The highest BCUT2D eigenvalue weighted by atomic mass is 32.2. The van der Waals surface area contributed by atoms with Crippen molar-refractivity contribution in [2.75, 3.05) is 7.05 Å². The molecule has 0 aliphatic rings. The third-order valence-corrected chi connectivity index (χ3v) is 6.53. The second-order valence-corrected chi connectivity index (χ2v) is 9.15. The van der Waals surface area contributed by atoms with Crippen molar-refractivity contribution in [1.82, 2.24) is 9.73 Å². The maximum atomic E-state index is 13.6. The first-order chi connectivity index (χ1) is 15.2. The van der Waals surface area contributed by atoms with Gasteiger partial charge in [0.25, 0.3) is 5.91 Å². The number of nitrogens with one attached hydrogen (secondary N) is 1. The highest BCUT2D eigenvalue weighted by Crippen LogP contribution is 2.18. The van der Waals surface area contributed by atoms with Gasteiger partial charge in [-0.25, -0.2) is 22.6 Å². The summed E-state index contributed by atoms with van der Waals surface area (Å²) in [5, 5.41) is 3.59. The minimum Gasteiger partial charge on any atom is -0.267 e. The van der Waals surface area contributed by atoms with E-state index in [1.54, 1.807) is 36.4 Å². The Bertz CT molecular complexity index is 1220. The summed E-state index contributed by atoms with van der Waals surface area (Å²) in [4.78, 5) is 12.4. The quantitative estimate of drug-likeness (QED) is 0.432. The van der Waals surface area contributed by atoms with Crippen molar-refractivity contribution in [3.05, 3.63) is 101 Å². The number of rotatable bonds is 7. The smallest absolute Gasteiger partial charge is 0.267 e. The van der Waals surface area contributed by atoms with Gasteiger partial charge in [0.2, 0.25) is 10.0 Å². The Morgan fingerprint density at radius 3 is 2.19 bits per heavy atom. The van der Waals surface area contributed by atoms with Gasteiger partial charge in [0.05, 0.1) is 16.7 Å². The van der Waals surface area contributed by atoms with Crippen molar-refractivity contribution in [2.45, 2.75) is 18.4 Å². The molecule has 3 aromatic carbocycles. The number of hydrogen-bond donors (Lipinski definition) is 1. The second-order valence-electron chi connectivity index (χ2n) is 7.11. The van der Waals surface area contributed by atoms with Crippen LogP contribution in [0.5, 0.6) is 0 Å². The molecule has 3 rings (SSSR count). The van der Waals surface area contributed by atoms with E-state index in [1.807, 2.05) is 6.92 Å². The van der Waals surface area contributed by atoms with E-state index in [4.69, 9.17) is 0 Å². The van der Waals surface area contributed by atoms with Gasteiger partial charge in [-0.2, -0.15) is 9.41 Å². The van der Waals surface area contributed by atoms with E-state index < -0.39 is 27.6 Å². The molecule has 32 heavy (non-hydrogen) atoms. The number of amides is 1. The van der Waals surface area contributed by atoms with E-state index in [-0.39, 0.29) is 22.6 Å². The van der Waals surface area contributed by atoms with Gasteiger partial charge in [0, 0.05) is 19.2 Å². The number of sulfonamides is 1. The third kappa shape index (κ3) is 5.43. The van der Waals surface area contributed by atoms with E-state index in [2.05, 4.69) is 10.5 Å². The molecule has 0 aliphatic heterocycles. The fraction of sp³-hybridized carbons (Fsp3) is 0.130. The fourth-order valence-corrected chi connectivity index (χ4v) is 4.01. The molecular weight excluding hydrogens is 436 g/mol. The lowest BCUT2D eigenvalue weighted by Crippen LogP contribution is -2.26. The summed E-state index contributed by atoms with van der Waals surface area (Å²) in [7, 11) is -2.17. The first-order valence-corrected chi connectivity index (χ1v) is 11.0. The minimum atomic E-state index is -3.65. The van der Waals surface area contributed by atoms with Crippen molar-refractivity contribution in [2.24, 2.45) is 5.10 Å². The zero-order valence-electron chi connectivity index (χ0n) is 17.4. The van der Waals surface area contributed by atoms with Crippen LogP contribution in [0.1, 0.15) is 27.0 Å². The van der Waals surface area contributed by atoms with Crippen LogP contribution in [0, 0.1) is 18.6 Å². The van der Waals surface area contributed by atoms with Crippen molar-refractivity contribution in [1.29, 1.82) is 0 Å². The Labute approximate surface area is 185 Å². The summed E-state index contributed by atoms with van der Waals surface area (Å²) in [6.45, 7) is 1.99. The van der Waals surface area contributed by atoms with Crippen molar-refractivity contribution < 1.29 is 22.0 Å². The molecule has 1 amide bonds. The van der Waals surface area contributed by atoms with Crippen molar-refractivity contribution in [3.8, 4) is 0 Å². The van der Waals surface area contributed by atoms with Crippen molar-refractivity contribution in [3.63, 3.8) is 0 Å². The van der Waals surface area contributed by atoms with Gasteiger partial charge < -0.3 is 0 Å². The Morgan fingerprint density at radius 2 is 1.59 bits per heavy atom. The minimum absolute atomic E-state index is 0.114. The molecule has 0 heterocycles. The molecular formula is C23H21F2N3O3S. The van der Waals surface area contributed by atoms with Crippen LogP contribution >= 0.6 is 0 Å². The number of halogens is 2. The Kier molecular flexibility index (Phi) is 7.12. The van der Waals surface area contributed by atoms with E-state index in [1.165, 1.54) is 29.6 Å². The van der Waals surface area contributed by atoms with Crippen LogP contribution < -0.4 is 5.43 Å². The zero-order chi connectivity index (χ0) is 23.3. The van der Waals surface area contributed by atoms with E-state index in [0.717, 1.165) is 23.9 Å². The lowest BCUT2D eigenvalue weighted by molar-refractivity contribution is 0.0955. The molecule has 0 unspecified atom stereocenters. The largest absolute Gasteiger partial charge is 0.271 e. The molecule has 9 heteroatoms. The van der Waals surface area contributed by atoms with Crippen molar-refractivity contribution >= 4 is 22.1 Å². The number of hydrazone groups is 1. The fourth-order valence-electron chi connectivity index (χ4n) is 2.85. The molecule has 3 aromatic rings. The van der Waals surface area contributed by atoms with Gasteiger partial charge in [-0.05, 0) is 48.9 Å². The molecule has 0 saturated carbocycles.